The van der Waals surface area contributed by atoms with Gasteiger partial charge in [0.2, 0.25) is 5.95 Å². The number of hydrogen-bond acceptors (Lipinski definition) is 4. The summed E-state index contributed by atoms with van der Waals surface area (Å²) in [6.45, 7) is 2.96. The summed E-state index contributed by atoms with van der Waals surface area (Å²) in [5.74, 6) is -0.211. The molecule has 0 bridgehead atoms. The predicted octanol–water partition coefficient (Wildman–Crippen LogP) is 5.68. The molecule has 8 heteroatoms. The summed E-state index contributed by atoms with van der Waals surface area (Å²) in [5, 5.41) is 12.4. The summed E-state index contributed by atoms with van der Waals surface area (Å²) in [5.41, 5.74) is 3.77. The van der Waals surface area contributed by atoms with E-state index >= 15 is 0 Å². The molecule has 2 heterocycles. The third-order valence-corrected chi connectivity index (χ3v) is 5.66. The number of halogens is 2. The smallest absolute Gasteiger partial charge is 0.324 e. The number of anilines is 1. The summed E-state index contributed by atoms with van der Waals surface area (Å²) in [4.78, 5) is 23.3. The van der Waals surface area contributed by atoms with Gasteiger partial charge in [-0.2, -0.15) is 5.26 Å². The molecule has 0 atom stereocenters. The van der Waals surface area contributed by atoms with Crippen molar-refractivity contribution < 1.29 is 9.18 Å². The molecule has 4 rings (SSSR count). The van der Waals surface area contributed by atoms with Crippen molar-refractivity contribution in [3.63, 3.8) is 0 Å². The third kappa shape index (κ3) is 4.87. The van der Waals surface area contributed by atoms with Crippen LogP contribution in [-0.4, -0.2) is 34.0 Å². The normalized spacial score (nSPS) is 14.1. The lowest BCUT2D eigenvalue weighted by Gasteiger charge is -2.28. The number of nitriles is 1. The van der Waals surface area contributed by atoms with Gasteiger partial charge in [0.05, 0.1) is 11.8 Å². The Hall–Kier alpha value is -3.50. The van der Waals surface area contributed by atoms with E-state index in [-0.39, 0.29) is 23.7 Å². The van der Waals surface area contributed by atoms with Crippen LogP contribution in [0.25, 0.3) is 22.4 Å². The van der Waals surface area contributed by atoms with Gasteiger partial charge >= 0.3 is 6.03 Å². The van der Waals surface area contributed by atoms with Crippen LogP contribution in [0.4, 0.5) is 15.1 Å². The highest BCUT2D eigenvalue weighted by atomic mass is 35.5. The Morgan fingerprint density at radius 1 is 1.19 bits per heavy atom. The predicted molar refractivity (Wildman–Crippen MR) is 122 cm³/mol. The summed E-state index contributed by atoms with van der Waals surface area (Å²) in [6, 6.07) is 13.6. The van der Waals surface area contributed by atoms with Gasteiger partial charge in [-0.05, 0) is 67.3 Å². The van der Waals surface area contributed by atoms with Crippen LogP contribution in [0.5, 0.6) is 0 Å². The van der Waals surface area contributed by atoms with E-state index in [1.54, 1.807) is 23.2 Å². The largest absolute Gasteiger partial charge is 0.324 e. The fraction of sp³-hybridized carbons (Fsp3) is 0.250. The Morgan fingerprint density at radius 2 is 1.91 bits per heavy atom. The maximum absolute atomic E-state index is 13.5. The van der Waals surface area contributed by atoms with Crippen LogP contribution < -0.4 is 5.32 Å². The van der Waals surface area contributed by atoms with Crippen molar-refractivity contribution in [2.75, 3.05) is 18.4 Å². The molecule has 1 aliphatic heterocycles. The highest BCUT2D eigenvalue weighted by Crippen LogP contribution is 2.33. The van der Waals surface area contributed by atoms with Crippen molar-refractivity contribution in [3.05, 3.63) is 65.1 Å². The molecule has 0 saturated carbocycles. The van der Waals surface area contributed by atoms with Crippen molar-refractivity contribution in [2.24, 2.45) is 5.92 Å². The summed E-state index contributed by atoms with van der Waals surface area (Å²) in [7, 11) is 0. The number of rotatable bonds is 3. The first-order chi connectivity index (χ1) is 15.4. The lowest BCUT2D eigenvalue weighted by molar-refractivity contribution is 0.192. The second-order valence-corrected chi connectivity index (χ2v) is 8.24. The second kappa shape index (κ2) is 9.33. The Balaban J connectivity index is 1.67. The van der Waals surface area contributed by atoms with E-state index in [9.17, 15) is 9.18 Å². The maximum Gasteiger partial charge on any atom is 0.324 e. The SMILES string of the molecule is Cc1cc(Cl)cc(-c2cnc(NC(=O)N3CCC(C#N)CC3)nc2-c2ccc(F)cc2)c1. The first-order valence-corrected chi connectivity index (χ1v) is 10.7. The number of amides is 2. The van der Waals surface area contributed by atoms with Crippen LogP contribution in [-0.2, 0) is 0 Å². The number of hydrogen-bond donors (Lipinski definition) is 1. The molecular formula is C24H21ClFN5O. The lowest BCUT2D eigenvalue weighted by atomic mass is 9.99. The average molecular weight is 450 g/mol. The van der Waals surface area contributed by atoms with Crippen LogP contribution in [0, 0.1) is 30.0 Å². The quantitative estimate of drug-likeness (QED) is 0.557. The fourth-order valence-electron chi connectivity index (χ4n) is 3.76. The van der Waals surface area contributed by atoms with Gasteiger partial charge in [0.25, 0.3) is 0 Å². The number of carbonyl (C=O) groups is 1. The number of piperidine rings is 1. The van der Waals surface area contributed by atoms with E-state index in [1.807, 2.05) is 25.1 Å². The molecular weight excluding hydrogens is 429 g/mol. The average Bonchev–Trinajstić information content (AvgIpc) is 2.79. The fourth-order valence-corrected chi connectivity index (χ4v) is 4.05. The number of nitrogens with zero attached hydrogens (tertiary/aromatic N) is 4. The van der Waals surface area contributed by atoms with E-state index in [0.29, 0.717) is 42.2 Å². The summed E-state index contributed by atoms with van der Waals surface area (Å²) >= 11 is 6.25. The van der Waals surface area contributed by atoms with Crippen LogP contribution in [0.15, 0.2) is 48.7 Å². The molecule has 0 spiro atoms. The Labute approximate surface area is 190 Å². The standard InChI is InChI=1S/C24H21ClFN5O/c1-15-10-18(12-19(25)11-15)21-14-28-23(29-22(21)17-2-4-20(26)5-3-17)30-24(32)31-8-6-16(13-27)7-9-31/h2-5,10-12,14,16H,6-9H2,1H3,(H,28,29,30,32). The van der Waals surface area contributed by atoms with Crippen molar-refractivity contribution in [1.29, 1.82) is 5.26 Å². The number of carbonyl (C=O) groups excluding carboxylic acids is 1. The number of nitrogens with one attached hydrogen (secondary N) is 1. The van der Waals surface area contributed by atoms with Crippen molar-refractivity contribution in [3.8, 4) is 28.5 Å². The van der Waals surface area contributed by atoms with Gasteiger partial charge in [-0.3, -0.25) is 5.32 Å². The van der Waals surface area contributed by atoms with E-state index in [0.717, 1.165) is 16.7 Å². The number of likely N-dealkylation sites (tertiary alicyclic amines) is 1. The van der Waals surface area contributed by atoms with Crippen LogP contribution in [0.1, 0.15) is 18.4 Å². The molecule has 162 valence electrons. The third-order valence-electron chi connectivity index (χ3n) is 5.44. The summed E-state index contributed by atoms with van der Waals surface area (Å²) in [6.07, 6.45) is 2.94. The first-order valence-electron chi connectivity index (χ1n) is 10.3. The van der Waals surface area contributed by atoms with Gasteiger partial charge < -0.3 is 4.90 Å². The lowest BCUT2D eigenvalue weighted by Crippen LogP contribution is -2.41. The molecule has 0 unspecified atom stereocenters. The number of aromatic nitrogens is 2. The second-order valence-electron chi connectivity index (χ2n) is 7.80. The van der Waals surface area contributed by atoms with E-state index in [2.05, 4.69) is 21.4 Å². The Morgan fingerprint density at radius 3 is 2.56 bits per heavy atom. The minimum atomic E-state index is -0.350. The van der Waals surface area contributed by atoms with Gasteiger partial charge in [-0.15, -0.1) is 0 Å². The molecule has 0 radical (unpaired) electrons. The zero-order chi connectivity index (χ0) is 22.7. The number of aryl methyl sites for hydroxylation is 1. The maximum atomic E-state index is 13.5. The number of urea groups is 1. The molecule has 32 heavy (non-hydrogen) atoms. The first kappa shape index (κ1) is 21.7. The van der Waals surface area contributed by atoms with Gasteiger partial charge in [-0.1, -0.05) is 17.7 Å². The molecule has 1 aromatic heterocycles. The van der Waals surface area contributed by atoms with Gasteiger partial charge in [-0.25, -0.2) is 19.2 Å². The molecule has 2 aromatic carbocycles. The van der Waals surface area contributed by atoms with Gasteiger partial charge in [0, 0.05) is 41.4 Å². The van der Waals surface area contributed by atoms with E-state index in [4.69, 9.17) is 16.9 Å². The molecule has 3 aromatic rings. The molecule has 2 amide bonds. The zero-order valence-corrected chi connectivity index (χ0v) is 18.2. The van der Waals surface area contributed by atoms with Gasteiger partial charge in [0.1, 0.15) is 5.82 Å². The molecule has 6 nitrogen and oxygen atoms in total. The monoisotopic (exact) mass is 449 g/mol. The van der Waals surface area contributed by atoms with Gasteiger partial charge in [0.15, 0.2) is 0 Å². The topological polar surface area (TPSA) is 81.9 Å². The molecule has 1 saturated heterocycles. The minimum Gasteiger partial charge on any atom is -0.324 e. The van der Waals surface area contributed by atoms with E-state index in [1.165, 1.54) is 12.1 Å². The summed E-state index contributed by atoms with van der Waals surface area (Å²) < 4.78 is 13.5. The minimum absolute atomic E-state index is 0.0131. The highest BCUT2D eigenvalue weighted by Gasteiger charge is 2.23. The van der Waals surface area contributed by atoms with Crippen molar-refractivity contribution >= 4 is 23.6 Å². The molecule has 1 fully saturated rings. The van der Waals surface area contributed by atoms with Crippen LogP contribution in [0.2, 0.25) is 5.02 Å². The molecule has 1 N–H and O–H groups in total. The van der Waals surface area contributed by atoms with Crippen molar-refractivity contribution in [1.82, 2.24) is 14.9 Å². The van der Waals surface area contributed by atoms with Crippen LogP contribution >= 0.6 is 11.6 Å². The zero-order valence-electron chi connectivity index (χ0n) is 17.5. The van der Waals surface area contributed by atoms with Crippen LogP contribution in [0.3, 0.4) is 0 Å². The molecule has 1 aliphatic rings. The number of benzene rings is 2. The Bertz CT molecular complexity index is 1160. The molecule has 0 aliphatic carbocycles. The van der Waals surface area contributed by atoms with Crippen molar-refractivity contribution in [2.45, 2.75) is 19.8 Å². The Kier molecular flexibility index (Phi) is 6.33. The highest BCUT2D eigenvalue weighted by molar-refractivity contribution is 6.31. The van der Waals surface area contributed by atoms with E-state index < -0.39 is 0 Å².